The predicted molar refractivity (Wildman–Crippen MR) is 113 cm³/mol. The maximum Gasteiger partial charge on any atom is 0.303 e. The molecule has 166 valence electrons. The van der Waals surface area contributed by atoms with Gasteiger partial charge in [0.15, 0.2) is 0 Å². The molecular weight excluding hydrogens is 364 g/mol. The highest BCUT2D eigenvalue weighted by Crippen LogP contribution is 2.69. The second-order valence-electron chi connectivity index (χ2n) is 11.8. The molecule has 0 amide bonds. The normalized spacial score (nSPS) is 52.9. The van der Waals surface area contributed by atoms with Crippen LogP contribution >= 0.6 is 0 Å². The molecular formula is C25H42O4. The van der Waals surface area contributed by atoms with Gasteiger partial charge in [0, 0.05) is 6.42 Å². The molecule has 3 N–H and O–H groups in total. The van der Waals surface area contributed by atoms with E-state index in [1.54, 1.807) is 0 Å². The Kier molecular flexibility index (Phi) is 5.60. The van der Waals surface area contributed by atoms with E-state index in [1.807, 2.05) is 0 Å². The number of fused-ring (bicyclic) bond motifs is 5. The molecule has 4 nitrogen and oxygen atoms in total. The van der Waals surface area contributed by atoms with E-state index in [2.05, 4.69) is 27.7 Å². The zero-order valence-electron chi connectivity index (χ0n) is 18.8. The summed E-state index contributed by atoms with van der Waals surface area (Å²) in [6, 6.07) is 0. The molecule has 0 heterocycles. The summed E-state index contributed by atoms with van der Waals surface area (Å²) in [6.07, 6.45) is 8.22. The third-order valence-electron chi connectivity index (χ3n) is 10.7. The van der Waals surface area contributed by atoms with Crippen LogP contribution in [0.3, 0.4) is 0 Å². The minimum Gasteiger partial charge on any atom is -0.481 e. The van der Waals surface area contributed by atoms with E-state index >= 15 is 0 Å². The second-order valence-corrected chi connectivity index (χ2v) is 11.8. The Morgan fingerprint density at radius 3 is 2.34 bits per heavy atom. The SMILES string of the molecule is C[C@H](CCC(=O)O)[C@H]1CCC2C3C(CC[C@@]21C)[C@@]1(C)CC[C@@H](O)CC1[C@@H](C)[C@@H]3O. The molecule has 4 fully saturated rings. The Bertz CT molecular complexity index is 634. The zero-order valence-corrected chi connectivity index (χ0v) is 18.8. The molecule has 0 bridgehead atoms. The number of aliphatic hydroxyl groups is 2. The van der Waals surface area contributed by atoms with Crippen LogP contribution in [0.15, 0.2) is 0 Å². The van der Waals surface area contributed by atoms with Crippen molar-refractivity contribution in [2.75, 3.05) is 0 Å². The lowest BCUT2D eigenvalue weighted by molar-refractivity contribution is -0.199. The maximum absolute atomic E-state index is 11.5. The van der Waals surface area contributed by atoms with Crippen molar-refractivity contribution in [3.63, 3.8) is 0 Å². The van der Waals surface area contributed by atoms with Crippen LogP contribution in [0.4, 0.5) is 0 Å². The Balaban J connectivity index is 1.59. The Morgan fingerprint density at radius 1 is 1.00 bits per heavy atom. The molecule has 4 unspecified atom stereocenters. The monoisotopic (exact) mass is 406 g/mol. The molecule has 0 spiro atoms. The van der Waals surface area contributed by atoms with Crippen LogP contribution in [0.2, 0.25) is 0 Å². The summed E-state index contributed by atoms with van der Waals surface area (Å²) in [4.78, 5) is 11.1. The highest BCUT2D eigenvalue weighted by molar-refractivity contribution is 5.66. The fourth-order valence-electron chi connectivity index (χ4n) is 9.18. The lowest BCUT2D eigenvalue weighted by atomic mass is 9.42. The molecule has 4 aliphatic carbocycles. The summed E-state index contributed by atoms with van der Waals surface area (Å²) in [5.74, 6) is 2.50. The van der Waals surface area contributed by atoms with Crippen LogP contribution in [-0.4, -0.2) is 33.5 Å². The summed E-state index contributed by atoms with van der Waals surface area (Å²) in [5.41, 5.74) is 0.480. The first-order chi connectivity index (χ1) is 13.6. The van der Waals surface area contributed by atoms with Gasteiger partial charge in [-0.2, -0.15) is 0 Å². The van der Waals surface area contributed by atoms with Gasteiger partial charge in [-0.15, -0.1) is 0 Å². The van der Waals surface area contributed by atoms with Gasteiger partial charge in [0.2, 0.25) is 0 Å². The summed E-state index contributed by atoms with van der Waals surface area (Å²) in [7, 11) is 0. The summed E-state index contributed by atoms with van der Waals surface area (Å²) < 4.78 is 0. The standard InChI is InChI=1S/C25H42O4/c1-14(5-8-21(27)28)17-6-7-18-22-19(10-12-24(17,18)3)25(4)11-9-16(26)13-20(25)15(2)23(22)29/h14-20,22-23,26,29H,5-13H2,1-4H3,(H,27,28)/t14-,15-,16-,17-,18?,19?,20?,22?,23+,24-,25-/m1/s1. The van der Waals surface area contributed by atoms with Crippen LogP contribution in [0.5, 0.6) is 0 Å². The van der Waals surface area contributed by atoms with Gasteiger partial charge in [-0.1, -0.05) is 27.7 Å². The molecule has 4 rings (SSSR count). The second kappa shape index (κ2) is 7.51. The first kappa shape index (κ1) is 21.6. The van der Waals surface area contributed by atoms with Crippen LogP contribution in [0.1, 0.15) is 85.5 Å². The number of carboxylic acid groups (broad SMARTS) is 1. The fraction of sp³-hybridized carbons (Fsp3) is 0.960. The van der Waals surface area contributed by atoms with Crippen LogP contribution in [-0.2, 0) is 4.79 Å². The van der Waals surface area contributed by atoms with Crippen LogP contribution in [0.25, 0.3) is 0 Å². The average Bonchev–Trinajstić information content (AvgIpc) is 3.02. The third-order valence-corrected chi connectivity index (χ3v) is 10.7. The number of hydrogen-bond donors (Lipinski definition) is 3. The molecule has 11 atom stereocenters. The van der Waals surface area contributed by atoms with Gasteiger partial charge in [0.25, 0.3) is 0 Å². The topological polar surface area (TPSA) is 77.8 Å². The van der Waals surface area contributed by atoms with Gasteiger partial charge in [-0.05, 0) is 104 Å². The number of aliphatic carboxylic acids is 1. The third kappa shape index (κ3) is 3.28. The number of hydrogen-bond acceptors (Lipinski definition) is 3. The number of carboxylic acids is 1. The average molecular weight is 407 g/mol. The number of aliphatic hydroxyl groups excluding tert-OH is 2. The molecule has 4 heteroatoms. The predicted octanol–water partition coefficient (Wildman–Crippen LogP) is 4.72. The van der Waals surface area contributed by atoms with Gasteiger partial charge < -0.3 is 15.3 Å². The Morgan fingerprint density at radius 2 is 1.66 bits per heavy atom. The van der Waals surface area contributed by atoms with E-state index in [9.17, 15) is 15.0 Å². The number of rotatable bonds is 4. The van der Waals surface area contributed by atoms with E-state index in [0.29, 0.717) is 35.5 Å². The van der Waals surface area contributed by atoms with Crippen molar-refractivity contribution in [1.82, 2.24) is 0 Å². The smallest absolute Gasteiger partial charge is 0.303 e. The van der Waals surface area contributed by atoms with E-state index in [4.69, 9.17) is 5.11 Å². The largest absolute Gasteiger partial charge is 0.481 e. The van der Waals surface area contributed by atoms with Crippen molar-refractivity contribution in [2.24, 2.45) is 52.3 Å². The lowest BCUT2D eigenvalue weighted by Gasteiger charge is -2.64. The van der Waals surface area contributed by atoms with Crippen LogP contribution < -0.4 is 0 Å². The van der Waals surface area contributed by atoms with E-state index < -0.39 is 5.97 Å². The molecule has 0 aromatic heterocycles. The van der Waals surface area contributed by atoms with Gasteiger partial charge in [0.05, 0.1) is 12.2 Å². The molecule has 0 aromatic rings. The van der Waals surface area contributed by atoms with Crippen molar-refractivity contribution >= 4 is 5.97 Å². The Hall–Kier alpha value is -0.610. The molecule has 4 aliphatic rings. The van der Waals surface area contributed by atoms with E-state index in [0.717, 1.165) is 25.7 Å². The van der Waals surface area contributed by atoms with Gasteiger partial charge in [-0.3, -0.25) is 4.79 Å². The molecule has 0 aliphatic heterocycles. The molecule has 0 radical (unpaired) electrons. The number of carbonyl (C=O) groups is 1. The van der Waals surface area contributed by atoms with Gasteiger partial charge in [0.1, 0.15) is 0 Å². The van der Waals surface area contributed by atoms with Crippen LogP contribution in [0, 0.1) is 52.3 Å². The highest BCUT2D eigenvalue weighted by atomic mass is 16.4. The van der Waals surface area contributed by atoms with E-state index in [-0.39, 0.29) is 35.4 Å². The molecule has 4 saturated carbocycles. The van der Waals surface area contributed by atoms with Gasteiger partial charge in [-0.25, -0.2) is 0 Å². The van der Waals surface area contributed by atoms with Crippen molar-refractivity contribution in [3.05, 3.63) is 0 Å². The van der Waals surface area contributed by atoms with E-state index in [1.165, 1.54) is 25.7 Å². The lowest BCUT2D eigenvalue weighted by Crippen LogP contribution is -2.61. The molecule has 0 aromatic carbocycles. The first-order valence-corrected chi connectivity index (χ1v) is 12.2. The molecule has 29 heavy (non-hydrogen) atoms. The summed E-state index contributed by atoms with van der Waals surface area (Å²) in [5, 5.41) is 31.0. The van der Waals surface area contributed by atoms with Crippen molar-refractivity contribution in [3.8, 4) is 0 Å². The minimum absolute atomic E-state index is 0.195. The maximum atomic E-state index is 11.5. The van der Waals surface area contributed by atoms with Crippen molar-refractivity contribution in [2.45, 2.75) is 97.7 Å². The quantitative estimate of drug-likeness (QED) is 0.631. The van der Waals surface area contributed by atoms with Crippen molar-refractivity contribution < 1.29 is 20.1 Å². The summed E-state index contributed by atoms with van der Waals surface area (Å²) in [6.45, 7) is 9.41. The first-order valence-electron chi connectivity index (χ1n) is 12.2. The molecule has 0 saturated heterocycles. The van der Waals surface area contributed by atoms with Crippen molar-refractivity contribution in [1.29, 1.82) is 0 Å². The summed E-state index contributed by atoms with van der Waals surface area (Å²) >= 11 is 0. The fourth-order valence-corrected chi connectivity index (χ4v) is 9.18. The zero-order chi connectivity index (χ0) is 21.1. The highest BCUT2D eigenvalue weighted by Gasteiger charge is 2.64. The minimum atomic E-state index is -0.685. The van der Waals surface area contributed by atoms with Gasteiger partial charge >= 0.3 is 5.97 Å². The Labute approximate surface area is 176 Å².